The number of rotatable bonds is 6. The highest BCUT2D eigenvalue weighted by Crippen LogP contribution is 2.29. The first-order valence-electron chi connectivity index (χ1n) is 11.0. The van der Waals surface area contributed by atoms with Gasteiger partial charge in [0.25, 0.3) is 5.91 Å². The molecule has 3 heterocycles. The summed E-state index contributed by atoms with van der Waals surface area (Å²) in [5.74, 6) is 0.0319. The smallest absolute Gasteiger partial charge is 0.404 e. The van der Waals surface area contributed by atoms with Crippen molar-refractivity contribution < 1.29 is 18.0 Å². The topological polar surface area (TPSA) is 124 Å². The van der Waals surface area contributed by atoms with Crippen molar-refractivity contribution in [2.75, 3.05) is 5.73 Å². The number of alkyl halides is 3. The molecule has 0 aliphatic heterocycles. The number of pyridine rings is 2. The molecule has 3 aromatic heterocycles. The Bertz CT molecular complexity index is 1520. The number of halogens is 3. The molecule has 4 aromatic rings. The van der Waals surface area contributed by atoms with E-state index in [-0.39, 0.29) is 18.7 Å². The minimum absolute atomic E-state index is 0.0615. The van der Waals surface area contributed by atoms with E-state index in [1.54, 1.807) is 6.20 Å². The summed E-state index contributed by atoms with van der Waals surface area (Å²) in [7, 11) is 0. The summed E-state index contributed by atoms with van der Waals surface area (Å²) in [6.07, 6.45) is 2.08. The Kier molecular flexibility index (Phi) is 6.65. The van der Waals surface area contributed by atoms with Crippen LogP contribution in [0, 0.1) is 13.8 Å². The maximum absolute atomic E-state index is 12.9. The lowest BCUT2D eigenvalue weighted by molar-refractivity contribution is -0.137. The first-order chi connectivity index (χ1) is 17.1. The second-order valence-corrected chi connectivity index (χ2v) is 8.28. The zero-order chi connectivity index (χ0) is 26.0. The Morgan fingerprint density at radius 3 is 2.69 bits per heavy atom. The van der Waals surface area contributed by atoms with Gasteiger partial charge < -0.3 is 21.2 Å². The van der Waals surface area contributed by atoms with Gasteiger partial charge in [0.2, 0.25) is 0 Å². The fourth-order valence-electron chi connectivity index (χ4n) is 3.98. The van der Waals surface area contributed by atoms with Crippen LogP contribution in [0.2, 0.25) is 0 Å². The molecule has 5 N–H and O–H groups in total. The largest absolute Gasteiger partial charge is 0.417 e. The van der Waals surface area contributed by atoms with E-state index in [1.165, 1.54) is 22.9 Å². The van der Waals surface area contributed by atoms with E-state index in [1.807, 2.05) is 26.0 Å². The van der Waals surface area contributed by atoms with Gasteiger partial charge in [-0.2, -0.15) is 13.2 Å². The number of nitrogen functional groups attached to an aromatic ring is 1. The van der Waals surface area contributed by atoms with E-state index in [4.69, 9.17) is 11.5 Å². The number of aliphatic imine (C=N–C) groups is 1. The highest BCUT2D eigenvalue weighted by atomic mass is 19.4. The van der Waals surface area contributed by atoms with Gasteiger partial charge in [0.15, 0.2) is 0 Å². The maximum Gasteiger partial charge on any atom is 0.417 e. The van der Waals surface area contributed by atoms with Crippen molar-refractivity contribution in [2.45, 2.75) is 33.1 Å². The number of hydrogen-bond donors (Lipinski definition) is 3. The third-order valence-electron chi connectivity index (χ3n) is 5.89. The van der Waals surface area contributed by atoms with Crippen LogP contribution in [0.15, 0.2) is 59.6 Å². The Balaban J connectivity index is 1.43. The lowest BCUT2D eigenvalue weighted by atomic mass is 9.96. The van der Waals surface area contributed by atoms with Crippen LogP contribution >= 0.6 is 0 Å². The normalized spacial score (nSPS) is 12.6. The number of nitrogens with two attached hydrogens (primary N) is 2. The Morgan fingerprint density at radius 1 is 1.19 bits per heavy atom. The molecule has 1 amide bonds. The van der Waals surface area contributed by atoms with Crippen molar-refractivity contribution in [3.05, 3.63) is 82.6 Å². The number of carbonyl (C=O) groups excluding carboxylic acids is 1. The number of aromatic nitrogens is 3. The first kappa shape index (κ1) is 24.7. The van der Waals surface area contributed by atoms with E-state index in [9.17, 15) is 18.0 Å². The zero-order valence-corrected chi connectivity index (χ0v) is 19.6. The molecule has 0 saturated heterocycles. The number of amides is 1. The summed E-state index contributed by atoms with van der Waals surface area (Å²) in [6, 6.07) is 6.09. The van der Waals surface area contributed by atoms with Crippen LogP contribution in [-0.4, -0.2) is 26.5 Å². The van der Waals surface area contributed by atoms with Gasteiger partial charge in [0.05, 0.1) is 23.4 Å². The number of hydrogen-bond acceptors (Lipinski definition) is 6. The molecular formula is C25H24F3N7O. The average molecular weight is 496 g/mol. The molecule has 11 heteroatoms. The number of fused-ring (bicyclic) bond motifs is 2. The van der Waals surface area contributed by atoms with Crippen molar-refractivity contribution in [3.8, 4) is 0 Å². The van der Waals surface area contributed by atoms with Crippen LogP contribution in [-0.2, 0) is 24.1 Å². The van der Waals surface area contributed by atoms with Gasteiger partial charge in [0, 0.05) is 42.9 Å². The molecule has 0 bridgehead atoms. The fraction of sp³-hybridized carbons (Fsp3) is 0.200. The number of aryl methyl sites for hydroxylation is 2. The predicted molar refractivity (Wildman–Crippen MR) is 132 cm³/mol. The zero-order valence-electron chi connectivity index (χ0n) is 19.6. The highest BCUT2D eigenvalue weighted by Gasteiger charge is 2.30. The second kappa shape index (κ2) is 9.68. The molecule has 0 fully saturated rings. The highest BCUT2D eigenvalue weighted by molar-refractivity contribution is 6.12. The van der Waals surface area contributed by atoms with Crippen LogP contribution in [0.5, 0.6) is 0 Å². The number of nitrogens with zero attached hydrogens (tertiary/aromatic N) is 4. The third kappa shape index (κ3) is 4.99. The van der Waals surface area contributed by atoms with Crippen LogP contribution in [0.4, 0.5) is 19.0 Å². The van der Waals surface area contributed by atoms with E-state index in [0.29, 0.717) is 17.2 Å². The third-order valence-corrected chi connectivity index (χ3v) is 5.89. The molecule has 0 unspecified atom stereocenters. The molecule has 0 spiro atoms. The average Bonchev–Trinajstić information content (AvgIpc) is 3.24. The van der Waals surface area contributed by atoms with Crippen LogP contribution in [0.25, 0.3) is 16.4 Å². The lowest BCUT2D eigenvalue weighted by Crippen LogP contribution is -2.26. The van der Waals surface area contributed by atoms with Gasteiger partial charge in [-0.25, -0.2) is 9.97 Å². The SMILES string of the molecule is Cc1cc2c(N)nccc2c(C)c1CNC(=O)/C(C=NCc1cn2cc(C(F)(F)F)ccc2n1)=C/N. The van der Waals surface area contributed by atoms with Gasteiger partial charge in [-0.05, 0) is 60.2 Å². The minimum atomic E-state index is -4.44. The summed E-state index contributed by atoms with van der Waals surface area (Å²) in [4.78, 5) is 25.3. The number of nitrogens with one attached hydrogen (secondary N) is 1. The molecule has 0 aliphatic rings. The Hall–Kier alpha value is -4.41. The summed E-state index contributed by atoms with van der Waals surface area (Å²) >= 11 is 0. The molecule has 36 heavy (non-hydrogen) atoms. The minimum Gasteiger partial charge on any atom is -0.404 e. The summed E-state index contributed by atoms with van der Waals surface area (Å²) in [5.41, 5.74) is 14.7. The molecule has 0 atom stereocenters. The molecule has 0 radical (unpaired) electrons. The van der Waals surface area contributed by atoms with E-state index >= 15 is 0 Å². The second-order valence-electron chi connectivity index (χ2n) is 8.28. The van der Waals surface area contributed by atoms with E-state index < -0.39 is 17.6 Å². The van der Waals surface area contributed by atoms with Crippen molar-refractivity contribution >= 4 is 34.4 Å². The van der Waals surface area contributed by atoms with Gasteiger partial charge in [-0.3, -0.25) is 9.79 Å². The first-order valence-corrected chi connectivity index (χ1v) is 11.0. The van der Waals surface area contributed by atoms with Crippen molar-refractivity contribution in [3.63, 3.8) is 0 Å². The fourth-order valence-corrected chi connectivity index (χ4v) is 3.98. The predicted octanol–water partition coefficient (Wildman–Crippen LogP) is 3.83. The monoisotopic (exact) mass is 495 g/mol. The number of benzene rings is 1. The van der Waals surface area contributed by atoms with E-state index in [2.05, 4.69) is 20.3 Å². The van der Waals surface area contributed by atoms with Crippen LogP contribution in [0.1, 0.15) is 27.9 Å². The molecule has 4 rings (SSSR count). The quantitative estimate of drug-likeness (QED) is 0.277. The van der Waals surface area contributed by atoms with Gasteiger partial charge in [-0.15, -0.1) is 0 Å². The summed E-state index contributed by atoms with van der Waals surface area (Å²) < 4.78 is 40.0. The van der Waals surface area contributed by atoms with E-state index in [0.717, 1.165) is 45.9 Å². The van der Waals surface area contributed by atoms with Gasteiger partial charge in [-0.1, -0.05) is 0 Å². The standard InChI is InChI=1S/C25H24F3N7O/c1-14-7-20-19(5-6-32-23(20)30)15(2)21(14)11-33-24(36)16(8-29)9-31-10-18-13-35-12-17(25(26,27)28)3-4-22(35)34-18/h3-9,12-13H,10-11,29H2,1-2H3,(H2,30,32)(H,33,36)/b16-8+,31-9?. The summed E-state index contributed by atoms with van der Waals surface area (Å²) in [5, 5.41) is 4.67. The van der Waals surface area contributed by atoms with Crippen molar-refractivity contribution in [1.82, 2.24) is 19.7 Å². The van der Waals surface area contributed by atoms with Crippen molar-refractivity contribution in [2.24, 2.45) is 10.7 Å². The number of carbonyl (C=O) groups is 1. The van der Waals surface area contributed by atoms with Crippen molar-refractivity contribution in [1.29, 1.82) is 0 Å². The lowest BCUT2D eigenvalue weighted by Gasteiger charge is -2.15. The molecule has 0 aliphatic carbocycles. The van der Waals surface area contributed by atoms with Gasteiger partial charge in [0.1, 0.15) is 11.5 Å². The summed E-state index contributed by atoms with van der Waals surface area (Å²) in [6.45, 7) is 4.23. The maximum atomic E-state index is 12.9. The number of imidazole rings is 1. The Labute approximate surface area is 204 Å². The molecule has 0 saturated carbocycles. The molecule has 186 valence electrons. The van der Waals surface area contributed by atoms with Gasteiger partial charge >= 0.3 is 6.18 Å². The number of anilines is 1. The van der Waals surface area contributed by atoms with Crippen LogP contribution < -0.4 is 16.8 Å². The molecular weight excluding hydrogens is 471 g/mol. The van der Waals surface area contributed by atoms with Crippen LogP contribution in [0.3, 0.4) is 0 Å². The molecule has 1 aromatic carbocycles. The molecule has 8 nitrogen and oxygen atoms in total. The Morgan fingerprint density at radius 2 is 1.97 bits per heavy atom.